The SMILES string of the molecule is O=[N+]([O-])C[C@H](c1ccccc1)N(O)Cc1ccccc1. The van der Waals surface area contributed by atoms with E-state index in [1.54, 1.807) is 24.3 Å². The molecule has 0 amide bonds. The van der Waals surface area contributed by atoms with E-state index < -0.39 is 11.0 Å². The number of hydrogen-bond acceptors (Lipinski definition) is 4. The van der Waals surface area contributed by atoms with Gasteiger partial charge in [0.15, 0.2) is 0 Å². The fourth-order valence-electron chi connectivity index (χ4n) is 2.07. The van der Waals surface area contributed by atoms with Gasteiger partial charge in [0.05, 0.1) is 0 Å². The summed E-state index contributed by atoms with van der Waals surface area (Å²) >= 11 is 0. The highest BCUT2D eigenvalue weighted by Crippen LogP contribution is 2.21. The molecule has 0 radical (unpaired) electrons. The second-order valence-corrected chi connectivity index (χ2v) is 4.52. The fourth-order valence-corrected chi connectivity index (χ4v) is 2.07. The van der Waals surface area contributed by atoms with Crippen molar-refractivity contribution in [2.45, 2.75) is 12.6 Å². The number of rotatable bonds is 6. The topological polar surface area (TPSA) is 66.6 Å². The van der Waals surface area contributed by atoms with Crippen molar-refractivity contribution in [1.82, 2.24) is 5.06 Å². The highest BCUT2D eigenvalue weighted by molar-refractivity contribution is 5.20. The van der Waals surface area contributed by atoms with Crippen LogP contribution in [0.15, 0.2) is 60.7 Å². The lowest BCUT2D eigenvalue weighted by Crippen LogP contribution is -2.30. The van der Waals surface area contributed by atoms with Crippen LogP contribution in [0.25, 0.3) is 0 Å². The zero-order chi connectivity index (χ0) is 14.4. The molecule has 2 aromatic rings. The molecule has 5 heteroatoms. The van der Waals surface area contributed by atoms with Gasteiger partial charge in [0.2, 0.25) is 6.54 Å². The second-order valence-electron chi connectivity index (χ2n) is 4.52. The number of nitrogens with zero attached hydrogens (tertiary/aromatic N) is 2. The molecule has 1 atom stereocenters. The Morgan fingerprint density at radius 3 is 2.15 bits per heavy atom. The summed E-state index contributed by atoms with van der Waals surface area (Å²) in [7, 11) is 0. The first-order chi connectivity index (χ1) is 9.66. The lowest BCUT2D eigenvalue weighted by Gasteiger charge is -2.23. The van der Waals surface area contributed by atoms with Crippen LogP contribution in [0.3, 0.4) is 0 Å². The summed E-state index contributed by atoms with van der Waals surface area (Å²) in [5.41, 5.74) is 1.63. The van der Waals surface area contributed by atoms with E-state index in [-0.39, 0.29) is 13.1 Å². The van der Waals surface area contributed by atoms with Crippen molar-refractivity contribution in [3.05, 3.63) is 81.9 Å². The van der Waals surface area contributed by atoms with E-state index in [1.165, 1.54) is 0 Å². The maximum atomic E-state index is 10.8. The van der Waals surface area contributed by atoms with Gasteiger partial charge in [0.25, 0.3) is 0 Å². The van der Waals surface area contributed by atoms with Crippen LogP contribution in [0.1, 0.15) is 17.2 Å². The maximum Gasteiger partial charge on any atom is 0.225 e. The molecular formula is C15H16N2O3. The average Bonchev–Trinajstić information content (AvgIpc) is 2.46. The maximum absolute atomic E-state index is 10.8. The minimum atomic E-state index is -0.661. The molecule has 0 bridgehead atoms. The molecule has 2 rings (SSSR count). The minimum Gasteiger partial charge on any atom is -0.313 e. The van der Waals surface area contributed by atoms with Crippen molar-refractivity contribution < 1.29 is 10.1 Å². The van der Waals surface area contributed by atoms with Crippen LogP contribution in [0.5, 0.6) is 0 Å². The first kappa shape index (κ1) is 14.2. The average molecular weight is 272 g/mol. The van der Waals surface area contributed by atoms with Gasteiger partial charge in [-0.15, -0.1) is 0 Å². The predicted octanol–water partition coefficient (Wildman–Crippen LogP) is 2.90. The van der Waals surface area contributed by atoms with Gasteiger partial charge in [0.1, 0.15) is 6.04 Å². The standard InChI is InChI=1S/C15H16N2O3/c18-16(11-13-7-3-1-4-8-13)15(12-17(19)20)14-9-5-2-6-10-14/h1-10,15,18H,11-12H2/t15-/m1/s1. The quantitative estimate of drug-likeness (QED) is 0.648. The summed E-state index contributed by atoms with van der Waals surface area (Å²) in [6.45, 7) is -0.0956. The lowest BCUT2D eigenvalue weighted by molar-refractivity contribution is -0.493. The fraction of sp³-hybridized carbons (Fsp3) is 0.200. The molecule has 0 aromatic heterocycles. The Labute approximate surface area is 117 Å². The normalized spacial score (nSPS) is 12.3. The van der Waals surface area contributed by atoms with Gasteiger partial charge in [-0.2, -0.15) is 5.06 Å². The second kappa shape index (κ2) is 6.79. The van der Waals surface area contributed by atoms with Crippen LogP contribution in [0, 0.1) is 10.1 Å². The Hall–Kier alpha value is -2.24. The summed E-state index contributed by atoms with van der Waals surface area (Å²) in [5, 5.41) is 22.0. The molecule has 0 aliphatic rings. The van der Waals surface area contributed by atoms with Crippen LogP contribution >= 0.6 is 0 Å². The monoisotopic (exact) mass is 272 g/mol. The molecule has 2 aromatic carbocycles. The van der Waals surface area contributed by atoms with Gasteiger partial charge in [-0.25, -0.2) is 0 Å². The van der Waals surface area contributed by atoms with Gasteiger partial charge in [-0.05, 0) is 11.1 Å². The van der Waals surface area contributed by atoms with Crippen LogP contribution in [0.2, 0.25) is 0 Å². The van der Waals surface area contributed by atoms with Crippen molar-refractivity contribution in [3.63, 3.8) is 0 Å². The molecule has 0 spiro atoms. The van der Waals surface area contributed by atoms with Crippen LogP contribution in [-0.2, 0) is 6.54 Å². The molecule has 104 valence electrons. The van der Waals surface area contributed by atoms with Crippen LogP contribution in [-0.4, -0.2) is 21.7 Å². The number of nitro groups is 1. The highest BCUT2D eigenvalue weighted by atomic mass is 16.6. The molecule has 5 nitrogen and oxygen atoms in total. The number of hydrogen-bond donors (Lipinski definition) is 1. The highest BCUT2D eigenvalue weighted by Gasteiger charge is 2.24. The Morgan fingerprint density at radius 2 is 1.60 bits per heavy atom. The Morgan fingerprint density at radius 1 is 1.05 bits per heavy atom. The summed E-state index contributed by atoms with van der Waals surface area (Å²) < 4.78 is 0. The summed E-state index contributed by atoms with van der Waals surface area (Å²) in [5.74, 6) is 0. The summed E-state index contributed by atoms with van der Waals surface area (Å²) in [4.78, 5) is 10.4. The van der Waals surface area contributed by atoms with Crippen molar-refractivity contribution in [2.75, 3.05) is 6.54 Å². The zero-order valence-electron chi connectivity index (χ0n) is 10.9. The van der Waals surface area contributed by atoms with Gasteiger partial charge in [0, 0.05) is 11.5 Å². The molecular weight excluding hydrogens is 256 g/mol. The lowest BCUT2D eigenvalue weighted by atomic mass is 10.1. The molecule has 20 heavy (non-hydrogen) atoms. The molecule has 0 fully saturated rings. The third kappa shape index (κ3) is 3.88. The molecule has 0 unspecified atom stereocenters. The Bertz CT molecular complexity index is 546. The first-order valence-corrected chi connectivity index (χ1v) is 6.33. The van der Waals surface area contributed by atoms with E-state index in [0.717, 1.165) is 16.2 Å². The Kier molecular flexibility index (Phi) is 4.81. The van der Waals surface area contributed by atoms with E-state index in [9.17, 15) is 15.3 Å². The predicted molar refractivity (Wildman–Crippen MR) is 74.8 cm³/mol. The van der Waals surface area contributed by atoms with Crippen LogP contribution < -0.4 is 0 Å². The third-order valence-corrected chi connectivity index (χ3v) is 3.05. The van der Waals surface area contributed by atoms with Gasteiger partial charge < -0.3 is 5.21 Å². The van der Waals surface area contributed by atoms with Gasteiger partial charge >= 0.3 is 0 Å². The molecule has 0 aliphatic heterocycles. The zero-order valence-corrected chi connectivity index (χ0v) is 10.9. The summed E-state index contributed by atoms with van der Waals surface area (Å²) in [6, 6.07) is 17.7. The van der Waals surface area contributed by atoms with Gasteiger partial charge in [-0.1, -0.05) is 60.7 Å². The van der Waals surface area contributed by atoms with E-state index >= 15 is 0 Å². The Balaban J connectivity index is 2.16. The van der Waals surface area contributed by atoms with Crippen LogP contribution in [0.4, 0.5) is 0 Å². The van der Waals surface area contributed by atoms with E-state index in [0.29, 0.717) is 0 Å². The smallest absolute Gasteiger partial charge is 0.225 e. The molecule has 0 heterocycles. The molecule has 1 N–H and O–H groups in total. The van der Waals surface area contributed by atoms with Crippen molar-refractivity contribution in [3.8, 4) is 0 Å². The van der Waals surface area contributed by atoms with Gasteiger partial charge in [-0.3, -0.25) is 10.1 Å². The largest absolute Gasteiger partial charge is 0.313 e. The van der Waals surface area contributed by atoms with Crippen molar-refractivity contribution in [1.29, 1.82) is 0 Å². The van der Waals surface area contributed by atoms with Crippen molar-refractivity contribution in [2.24, 2.45) is 0 Å². The minimum absolute atomic E-state index is 0.244. The first-order valence-electron chi connectivity index (χ1n) is 6.33. The van der Waals surface area contributed by atoms with E-state index in [2.05, 4.69) is 0 Å². The molecule has 0 aliphatic carbocycles. The molecule has 0 saturated heterocycles. The van der Waals surface area contributed by atoms with E-state index in [1.807, 2.05) is 36.4 Å². The van der Waals surface area contributed by atoms with E-state index in [4.69, 9.17) is 0 Å². The number of hydroxylamine groups is 2. The van der Waals surface area contributed by atoms with Crippen molar-refractivity contribution >= 4 is 0 Å². The number of benzene rings is 2. The molecule has 0 saturated carbocycles. The third-order valence-electron chi connectivity index (χ3n) is 3.05. The summed E-state index contributed by atoms with van der Waals surface area (Å²) in [6.07, 6.45) is 0.